The number of nitrogens with one attached hydrogen (secondary N) is 1. The number of carbonyl (C=O) groups is 1. The highest BCUT2D eigenvalue weighted by Crippen LogP contribution is 2.22. The molecule has 0 aromatic carbocycles. The van der Waals surface area contributed by atoms with Crippen molar-refractivity contribution in [1.29, 1.82) is 0 Å². The summed E-state index contributed by atoms with van der Waals surface area (Å²) in [5.41, 5.74) is 0.453. The highest BCUT2D eigenvalue weighted by atomic mass is 32.2. The number of carboxylic acid groups (broad SMARTS) is 1. The summed E-state index contributed by atoms with van der Waals surface area (Å²) in [5, 5.41) is 9.97. The summed E-state index contributed by atoms with van der Waals surface area (Å²) in [4.78, 5) is 14.5. The maximum absolute atomic E-state index is 11.9. The van der Waals surface area contributed by atoms with Crippen LogP contribution >= 0.6 is 11.3 Å². The molecule has 2 aromatic heterocycles. The zero-order chi connectivity index (χ0) is 13.3. The largest absolute Gasteiger partial charge is 0.478 e. The van der Waals surface area contributed by atoms with Crippen LogP contribution in [-0.4, -0.2) is 24.5 Å². The quantitative estimate of drug-likeness (QED) is 0.883. The minimum absolute atomic E-state index is 0.0797. The number of thiophene rings is 1. The van der Waals surface area contributed by atoms with Gasteiger partial charge in [-0.1, -0.05) is 0 Å². The van der Waals surface area contributed by atoms with E-state index < -0.39 is 16.0 Å². The number of aromatic nitrogens is 1. The number of hydrogen-bond donors (Lipinski definition) is 2. The van der Waals surface area contributed by atoms with Gasteiger partial charge in [0.2, 0.25) is 0 Å². The van der Waals surface area contributed by atoms with Crippen molar-refractivity contribution in [2.45, 2.75) is 11.1 Å². The summed E-state index contributed by atoms with van der Waals surface area (Å²) >= 11 is 0.810. The van der Waals surface area contributed by atoms with Gasteiger partial charge >= 0.3 is 12.0 Å². The molecule has 0 aliphatic heterocycles. The zero-order valence-corrected chi connectivity index (χ0v) is 10.7. The van der Waals surface area contributed by atoms with Gasteiger partial charge in [0.05, 0.1) is 11.3 Å². The maximum Gasteiger partial charge on any atom is 0.336 e. The lowest BCUT2D eigenvalue weighted by Crippen LogP contribution is -2.11. The van der Waals surface area contributed by atoms with E-state index in [1.165, 1.54) is 11.6 Å². The molecule has 2 N–H and O–H groups in total. The van der Waals surface area contributed by atoms with E-state index >= 15 is 0 Å². The molecule has 0 radical (unpaired) electrons. The smallest absolute Gasteiger partial charge is 0.336 e. The Morgan fingerprint density at radius 2 is 2.28 bits per heavy atom. The number of anilines is 1. The summed E-state index contributed by atoms with van der Waals surface area (Å²) in [6.07, 6.45) is 1.30. The maximum atomic E-state index is 11.9. The van der Waals surface area contributed by atoms with Gasteiger partial charge in [-0.25, -0.2) is 17.9 Å². The van der Waals surface area contributed by atoms with E-state index in [-0.39, 0.29) is 15.8 Å². The average molecular weight is 288 g/mol. The number of rotatable bonds is 4. The number of nitrogens with zero attached hydrogens (tertiary/aromatic N) is 1. The SMILES string of the molecule is Cc1coc(NS(=O)(=O)c2cc(C(=O)O)cs2)n1. The Balaban J connectivity index is 2.27. The zero-order valence-electron chi connectivity index (χ0n) is 9.08. The van der Waals surface area contributed by atoms with Crippen LogP contribution in [0.4, 0.5) is 6.01 Å². The molecule has 0 bridgehead atoms. The second-order valence-corrected chi connectivity index (χ2v) is 6.18. The first-order valence-electron chi connectivity index (χ1n) is 4.65. The molecule has 2 rings (SSSR count). The van der Waals surface area contributed by atoms with Gasteiger partial charge in [-0.2, -0.15) is 4.98 Å². The van der Waals surface area contributed by atoms with Crippen LogP contribution < -0.4 is 4.72 Å². The molecule has 0 atom stereocenters. The lowest BCUT2D eigenvalue weighted by Gasteiger charge is -2.00. The summed E-state index contributed by atoms with van der Waals surface area (Å²) < 4.78 is 30.6. The summed E-state index contributed by atoms with van der Waals surface area (Å²) in [7, 11) is -3.86. The van der Waals surface area contributed by atoms with Gasteiger partial charge in [0, 0.05) is 5.38 Å². The molecule has 18 heavy (non-hydrogen) atoms. The average Bonchev–Trinajstić information content (AvgIpc) is 2.86. The van der Waals surface area contributed by atoms with Gasteiger partial charge in [-0.3, -0.25) is 0 Å². The van der Waals surface area contributed by atoms with Crippen LogP contribution in [0.3, 0.4) is 0 Å². The molecular weight excluding hydrogens is 280 g/mol. The second kappa shape index (κ2) is 4.42. The standard InChI is InChI=1S/C9H8N2O5S2/c1-5-3-16-9(10-5)11-18(14,15)7-2-6(4-17-7)8(12)13/h2-4H,1H3,(H,10,11)(H,12,13). The Hall–Kier alpha value is -1.87. The Labute approximate surface area is 106 Å². The van der Waals surface area contributed by atoms with Crippen molar-refractivity contribution < 1.29 is 22.7 Å². The van der Waals surface area contributed by atoms with E-state index in [0.29, 0.717) is 5.69 Å². The lowest BCUT2D eigenvalue weighted by molar-refractivity contribution is 0.0697. The van der Waals surface area contributed by atoms with Crippen molar-refractivity contribution in [3.05, 3.63) is 29.0 Å². The Bertz CT molecular complexity index is 685. The van der Waals surface area contributed by atoms with Crippen LogP contribution in [0.25, 0.3) is 0 Å². The number of carboxylic acids is 1. The van der Waals surface area contributed by atoms with Gasteiger partial charge in [0.15, 0.2) is 0 Å². The summed E-state index contributed by atoms with van der Waals surface area (Å²) in [5.74, 6) is -1.18. The summed E-state index contributed by atoms with van der Waals surface area (Å²) in [6.45, 7) is 1.65. The molecule has 0 unspecified atom stereocenters. The van der Waals surface area contributed by atoms with Gasteiger partial charge in [-0.15, -0.1) is 11.3 Å². The van der Waals surface area contributed by atoms with Crippen molar-refractivity contribution in [2.75, 3.05) is 4.72 Å². The number of oxazole rings is 1. The molecule has 2 aromatic rings. The summed E-state index contributed by atoms with van der Waals surface area (Å²) in [6, 6.07) is 0.920. The van der Waals surface area contributed by atoms with Gasteiger partial charge < -0.3 is 9.52 Å². The van der Waals surface area contributed by atoms with Crippen LogP contribution in [0.2, 0.25) is 0 Å². The van der Waals surface area contributed by atoms with E-state index in [9.17, 15) is 13.2 Å². The first-order chi connectivity index (χ1) is 8.38. The molecule has 0 fully saturated rings. The molecule has 0 aliphatic carbocycles. The third-order valence-electron chi connectivity index (χ3n) is 1.93. The topological polar surface area (TPSA) is 110 Å². The second-order valence-electron chi connectivity index (χ2n) is 3.36. The van der Waals surface area contributed by atoms with Gasteiger partial charge in [-0.05, 0) is 13.0 Å². The van der Waals surface area contributed by atoms with Gasteiger partial charge in [0.25, 0.3) is 10.0 Å². The van der Waals surface area contributed by atoms with Crippen molar-refractivity contribution in [1.82, 2.24) is 4.98 Å². The van der Waals surface area contributed by atoms with E-state index in [4.69, 9.17) is 9.52 Å². The minimum Gasteiger partial charge on any atom is -0.478 e. The molecule has 2 heterocycles. The molecule has 0 aliphatic rings. The number of aryl methyl sites for hydroxylation is 1. The van der Waals surface area contributed by atoms with Crippen LogP contribution in [0.15, 0.2) is 26.3 Å². The van der Waals surface area contributed by atoms with Crippen molar-refractivity contribution in [2.24, 2.45) is 0 Å². The van der Waals surface area contributed by atoms with Crippen LogP contribution in [0, 0.1) is 6.92 Å². The van der Waals surface area contributed by atoms with Crippen molar-refractivity contribution >= 4 is 33.3 Å². The molecule has 7 nitrogen and oxygen atoms in total. The fraction of sp³-hybridized carbons (Fsp3) is 0.111. The Morgan fingerprint density at radius 1 is 1.56 bits per heavy atom. The normalized spacial score (nSPS) is 11.4. The third-order valence-corrected chi connectivity index (χ3v) is 4.69. The molecule has 0 spiro atoms. The van der Waals surface area contributed by atoms with E-state index in [1.807, 2.05) is 0 Å². The minimum atomic E-state index is -3.86. The highest BCUT2D eigenvalue weighted by molar-refractivity contribution is 7.94. The van der Waals surface area contributed by atoms with E-state index in [0.717, 1.165) is 17.4 Å². The van der Waals surface area contributed by atoms with Crippen LogP contribution in [-0.2, 0) is 10.0 Å². The highest BCUT2D eigenvalue weighted by Gasteiger charge is 2.20. The monoisotopic (exact) mass is 288 g/mol. The van der Waals surface area contributed by atoms with Gasteiger partial charge in [0.1, 0.15) is 10.5 Å². The molecule has 0 saturated carbocycles. The number of sulfonamides is 1. The van der Waals surface area contributed by atoms with Crippen molar-refractivity contribution in [3.63, 3.8) is 0 Å². The van der Waals surface area contributed by atoms with Crippen LogP contribution in [0.1, 0.15) is 16.1 Å². The van der Waals surface area contributed by atoms with Crippen LogP contribution in [0.5, 0.6) is 0 Å². The first kappa shape index (κ1) is 12.6. The van der Waals surface area contributed by atoms with E-state index in [2.05, 4.69) is 9.71 Å². The van der Waals surface area contributed by atoms with E-state index in [1.54, 1.807) is 6.92 Å². The molecule has 96 valence electrons. The lowest BCUT2D eigenvalue weighted by atomic mass is 10.4. The molecule has 9 heteroatoms. The third kappa shape index (κ3) is 2.51. The van der Waals surface area contributed by atoms with Crippen molar-refractivity contribution in [3.8, 4) is 0 Å². The molecular formula is C9H8N2O5S2. The Morgan fingerprint density at radius 3 is 2.78 bits per heavy atom. The number of hydrogen-bond acceptors (Lipinski definition) is 6. The number of aromatic carboxylic acids is 1. The predicted molar refractivity (Wildman–Crippen MR) is 63.3 cm³/mol. The fourth-order valence-corrected chi connectivity index (χ4v) is 3.23. The molecule has 0 amide bonds. The Kier molecular flexibility index (Phi) is 3.09. The first-order valence-corrected chi connectivity index (χ1v) is 7.01. The predicted octanol–water partition coefficient (Wildman–Crippen LogP) is 1.54. The molecule has 0 saturated heterocycles. The fourth-order valence-electron chi connectivity index (χ4n) is 1.14.